The normalized spacial score (nSPS) is 15.5. The zero-order valence-electron chi connectivity index (χ0n) is 13.4. The van der Waals surface area contributed by atoms with Crippen LogP contribution in [0.5, 0.6) is 5.75 Å². The molecule has 0 spiro atoms. The molecule has 1 fully saturated rings. The molecule has 0 aliphatic heterocycles. The zero-order chi connectivity index (χ0) is 16.2. The van der Waals surface area contributed by atoms with E-state index in [0.29, 0.717) is 17.4 Å². The molecule has 1 N–H and O–H groups in total. The quantitative estimate of drug-likeness (QED) is 0.776. The number of ether oxygens (including phenoxy) is 1. The largest absolute Gasteiger partial charge is 0.493 e. The van der Waals surface area contributed by atoms with Crippen molar-refractivity contribution in [2.24, 2.45) is 5.92 Å². The predicted octanol–water partition coefficient (Wildman–Crippen LogP) is 3.22. The molecule has 0 bridgehead atoms. The van der Waals surface area contributed by atoms with Gasteiger partial charge in [-0.3, -0.25) is 0 Å². The van der Waals surface area contributed by atoms with Gasteiger partial charge in [0.15, 0.2) is 11.5 Å². The highest BCUT2D eigenvalue weighted by Crippen LogP contribution is 2.25. The van der Waals surface area contributed by atoms with Gasteiger partial charge in [0, 0.05) is 5.69 Å². The van der Waals surface area contributed by atoms with Gasteiger partial charge >= 0.3 is 0 Å². The topological polar surface area (TPSA) is 77.2 Å². The van der Waals surface area contributed by atoms with Crippen molar-refractivity contribution in [2.75, 3.05) is 11.9 Å². The minimum absolute atomic E-state index is 0.618. The molecule has 0 atom stereocenters. The summed E-state index contributed by atoms with van der Waals surface area (Å²) in [6, 6.07) is 11.6. The summed E-state index contributed by atoms with van der Waals surface area (Å²) in [6.45, 7) is 0.824. The number of hydrogen-bond donors (Lipinski definition) is 1. The van der Waals surface area contributed by atoms with Crippen LogP contribution < -0.4 is 10.1 Å². The predicted molar refractivity (Wildman–Crippen MR) is 90.4 cm³/mol. The van der Waals surface area contributed by atoms with Crippen molar-refractivity contribution in [2.45, 2.75) is 32.1 Å². The third-order valence-corrected chi connectivity index (χ3v) is 4.41. The van der Waals surface area contributed by atoms with Crippen LogP contribution >= 0.6 is 0 Å². The maximum atomic E-state index is 5.92. The Bertz CT molecular complexity index is 794. The Morgan fingerprint density at radius 1 is 1.04 bits per heavy atom. The van der Waals surface area contributed by atoms with Gasteiger partial charge in [0.1, 0.15) is 5.75 Å². The standard InChI is InChI=1S/C17H20N6O/c1-2-4-13(5-3-1)12-24-15-8-6-14(7-9-15)18-16-10-11-17-19-21-22-23(17)20-16/h6-11,13H,1-5,12H2,(H,18,20). The Morgan fingerprint density at radius 3 is 2.71 bits per heavy atom. The summed E-state index contributed by atoms with van der Waals surface area (Å²) in [5.41, 5.74) is 1.56. The molecule has 24 heavy (non-hydrogen) atoms. The first-order chi connectivity index (χ1) is 11.9. The summed E-state index contributed by atoms with van der Waals surface area (Å²) in [5, 5.41) is 18.7. The smallest absolute Gasteiger partial charge is 0.200 e. The summed E-state index contributed by atoms with van der Waals surface area (Å²) in [4.78, 5) is 0. The first-order valence-corrected chi connectivity index (χ1v) is 8.42. The van der Waals surface area contributed by atoms with Crippen molar-refractivity contribution in [1.29, 1.82) is 0 Å². The van der Waals surface area contributed by atoms with Crippen molar-refractivity contribution in [3.8, 4) is 5.75 Å². The molecule has 1 saturated carbocycles. The average Bonchev–Trinajstić information content (AvgIpc) is 3.10. The maximum absolute atomic E-state index is 5.92. The van der Waals surface area contributed by atoms with E-state index in [0.717, 1.165) is 18.0 Å². The van der Waals surface area contributed by atoms with Crippen LogP contribution in [0, 0.1) is 5.92 Å². The number of benzene rings is 1. The average molecular weight is 324 g/mol. The van der Waals surface area contributed by atoms with Crippen LogP contribution in [0.2, 0.25) is 0 Å². The lowest BCUT2D eigenvalue weighted by Gasteiger charge is -2.21. The van der Waals surface area contributed by atoms with Crippen LogP contribution in [0.25, 0.3) is 5.65 Å². The third kappa shape index (κ3) is 3.45. The zero-order valence-corrected chi connectivity index (χ0v) is 13.4. The number of nitrogens with zero attached hydrogens (tertiary/aromatic N) is 5. The number of tetrazole rings is 1. The monoisotopic (exact) mass is 324 g/mol. The molecule has 1 aliphatic rings. The van der Waals surface area contributed by atoms with Gasteiger partial charge in [0.05, 0.1) is 6.61 Å². The van der Waals surface area contributed by atoms with E-state index in [1.165, 1.54) is 36.7 Å². The molecule has 1 aromatic carbocycles. The molecule has 2 heterocycles. The lowest BCUT2D eigenvalue weighted by Crippen LogP contribution is -2.15. The Hall–Kier alpha value is -2.70. The van der Waals surface area contributed by atoms with E-state index in [1.54, 1.807) is 0 Å². The fourth-order valence-corrected chi connectivity index (χ4v) is 3.07. The molecule has 1 aliphatic carbocycles. The van der Waals surface area contributed by atoms with Crippen LogP contribution in [-0.4, -0.2) is 31.9 Å². The summed E-state index contributed by atoms with van der Waals surface area (Å²) in [7, 11) is 0. The second kappa shape index (κ2) is 6.82. The fraction of sp³-hybridized carbons (Fsp3) is 0.412. The molecular formula is C17H20N6O. The van der Waals surface area contributed by atoms with Gasteiger partial charge in [-0.2, -0.15) is 0 Å². The third-order valence-electron chi connectivity index (χ3n) is 4.41. The number of anilines is 2. The summed E-state index contributed by atoms with van der Waals surface area (Å²) in [6.07, 6.45) is 6.66. The fourth-order valence-electron chi connectivity index (χ4n) is 3.07. The molecule has 7 heteroatoms. The van der Waals surface area contributed by atoms with Crippen LogP contribution in [0.3, 0.4) is 0 Å². The number of fused-ring (bicyclic) bond motifs is 1. The van der Waals surface area contributed by atoms with E-state index in [4.69, 9.17) is 4.74 Å². The molecule has 2 aromatic heterocycles. The SMILES string of the molecule is c1cc(OCC2CCCCC2)ccc1Nc1ccc2nnnn2n1. The molecular weight excluding hydrogens is 304 g/mol. The van der Waals surface area contributed by atoms with Gasteiger partial charge in [-0.05, 0) is 65.6 Å². The lowest BCUT2D eigenvalue weighted by atomic mass is 9.90. The van der Waals surface area contributed by atoms with E-state index >= 15 is 0 Å². The highest BCUT2D eigenvalue weighted by atomic mass is 16.5. The van der Waals surface area contributed by atoms with Gasteiger partial charge in [-0.25, -0.2) is 0 Å². The van der Waals surface area contributed by atoms with E-state index < -0.39 is 0 Å². The Kier molecular flexibility index (Phi) is 4.22. The molecule has 3 aromatic rings. The van der Waals surface area contributed by atoms with Gasteiger partial charge in [-0.1, -0.05) is 19.3 Å². The first kappa shape index (κ1) is 14.9. The van der Waals surface area contributed by atoms with Crippen molar-refractivity contribution in [3.63, 3.8) is 0 Å². The van der Waals surface area contributed by atoms with Crippen molar-refractivity contribution in [3.05, 3.63) is 36.4 Å². The summed E-state index contributed by atoms with van der Waals surface area (Å²) < 4.78 is 7.32. The van der Waals surface area contributed by atoms with Crippen LogP contribution in [0.1, 0.15) is 32.1 Å². The molecule has 0 saturated heterocycles. The van der Waals surface area contributed by atoms with Crippen molar-refractivity contribution >= 4 is 17.2 Å². The highest BCUT2D eigenvalue weighted by Gasteiger charge is 2.13. The molecule has 0 amide bonds. The molecule has 124 valence electrons. The first-order valence-electron chi connectivity index (χ1n) is 8.42. The number of hydrogen-bond acceptors (Lipinski definition) is 6. The Labute approximate surface area is 140 Å². The van der Waals surface area contributed by atoms with Crippen LogP contribution in [0.15, 0.2) is 36.4 Å². The van der Waals surface area contributed by atoms with Crippen LogP contribution in [-0.2, 0) is 0 Å². The van der Waals surface area contributed by atoms with E-state index in [-0.39, 0.29) is 0 Å². The van der Waals surface area contributed by atoms with E-state index in [1.807, 2.05) is 36.4 Å². The Balaban J connectivity index is 1.36. The number of nitrogens with one attached hydrogen (secondary N) is 1. The van der Waals surface area contributed by atoms with Gasteiger partial charge in [0.2, 0.25) is 0 Å². The van der Waals surface area contributed by atoms with Gasteiger partial charge in [-0.15, -0.1) is 14.8 Å². The molecule has 0 unspecified atom stereocenters. The minimum Gasteiger partial charge on any atom is -0.493 e. The second-order valence-electron chi connectivity index (χ2n) is 6.21. The molecule has 4 rings (SSSR count). The number of aromatic nitrogens is 5. The van der Waals surface area contributed by atoms with Gasteiger partial charge < -0.3 is 10.1 Å². The Morgan fingerprint density at radius 2 is 1.88 bits per heavy atom. The number of rotatable bonds is 5. The van der Waals surface area contributed by atoms with Crippen LogP contribution in [0.4, 0.5) is 11.5 Å². The van der Waals surface area contributed by atoms with Crippen molar-refractivity contribution < 1.29 is 4.74 Å². The van der Waals surface area contributed by atoms with E-state index in [2.05, 4.69) is 25.9 Å². The lowest BCUT2D eigenvalue weighted by molar-refractivity contribution is 0.209. The highest BCUT2D eigenvalue weighted by molar-refractivity contribution is 5.57. The molecule has 7 nitrogen and oxygen atoms in total. The van der Waals surface area contributed by atoms with Gasteiger partial charge in [0.25, 0.3) is 0 Å². The minimum atomic E-state index is 0.618. The maximum Gasteiger partial charge on any atom is 0.200 e. The summed E-state index contributed by atoms with van der Waals surface area (Å²) >= 11 is 0. The molecule has 0 radical (unpaired) electrons. The van der Waals surface area contributed by atoms with Crippen molar-refractivity contribution in [1.82, 2.24) is 25.3 Å². The van der Waals surface area contributed by atoms with E-state index in [9.17, 15) is 0 Å². The summed E-state index contributed by atoms with van der Waals surface area (Å²) in [5.74, 6) is 2.31. The second-order valence-corrected chi connectivity index (χ2v) is 6.21.